The van der Waals surface area contributed by atoms with Crippen molar-refractivity contribution in [2.75, 3.05) is 12.4 Å². The lowest BCUT2D eigenvalue weighted by Crippen LogP contribution is -3.00. The zero-order valence-corrected chi connectivity index (χ0v) is 17.9. The second-order valence-corrected chi connectivity index (χ2v) is 8.34. The molecule has 0 saturated carbocycles. The van der Waals surface area contributed by atoms with Crippen LogP contribution >= 0.6 is 11.8 Å². The van der Waals surface area contributed by atoms with Crippen molar-refractivity contribution in [1.82, 2.24) is 0 Å². The molecular formula is C22H36ClNOS. The van der Waals surface area contributed by atoms with Gasteiger partial charge in [-0.3, -0.25) is 0 Å². The Morgan fingerprint density at radius 3 is 2.35 bits per heavy atom. The molecule has 2 atom stereocenters. The van der Waals surface area contributed by atoms with Crippen LogP contribution in [0.15, 0.2) is 37.2 Å². The highest BCUT2D eigenvalue weighted by molar-refractivity contribution is 7.99. The SMILES string of the molecule is C=CC[n+]1ccc(C2OCC(CCCCCCCCCC)CS2)cc1.[Cl-]. The fourth-order valence-corrected chi connectivity index (χ4v) is 4.60. The molecule has 26 heavy (non-hydrogen) atoms. The van der Waals surface area contributed by atoms with Gasteiger partial charge >= 0.3 is 0 Å². The average molecular weight is 398 g/mol. The van der Waals surface area contributed by atoms with Crippen molar-refractivity contribution >= 4 is 11.8 Å². The van der Waals surface area contributed by atoms with E-state index >= 15 is 0 Å². The first-order valence-corrected chi connectivity index (χ1v) is 11.2. The molecule has 2 unspecified atom stereocenters. The topological polar surface area (TPSA) is 13.1 Å². The van der Waals surface area contributed by atoms with Crippen LogP contribution in [0.1, 0.15) is 75.7 Å². The molecule has 1 aromatic heterocycles. The van der Waals surface area contributed by atoms with Crippen LogP contribution in [0.25, 0.3) is 0 Å². The molecule has 0 spiro atoms. The van der Waals surface area contributed by atoms with Gasteiger partial charge in [0.25, 0.3) is 0 Å². The van der Waals surface area contributed by atoms with Gasteiger partial charge in [-0.25, -0.2) is 4.57 Å². The van der Waals surface area contributed by atoms with E-state index in [-0.39, 0.29) is 17.8 Å². The van der Waals surface area contributed by atoms with Crippen molar-refractivity contribution in [2.24, 2.45) is 5.92 Å². The molecule has 1 aliphatic rings. The van der Waals surface area contributed by atoms with E-state index in [9.17, 15) is 0 Å². The third-order valence-corrected chi connectivity index (χ3v) is 6.34. The number of nitrogens with zero attached hydrogens (tertiary/aromatic N) is 1. The second-order valence-electron chi connectivity index (χ2n) is 7.25. The minimum absolute atomic E-state index is 0. The van der Waals surface area contributed by atoms with E-state index < -0.39 is 0 Å². The van der Waals surface area contributed by atoms with E-state index in [0.717, 1.165) is 19.1 Å². The Hall–Kier alpha value is -0.510. The van der Waals surface area contributed by atoms with Crippen LogP contribution in [0.3, 0.4) is 0 Å². The third kappa shape index (κ3) is 8.92. The molecular weight excluding hydrogens is 362 g/mol. The molecule has 2 rings (SSSR count). The fourth-order valence-electron chi connectivity index (χ4n) is 3.37. The number of aromatic nitrogens is 1. The highest BCUT2D eigenvalue weighted by Gasteiger charge is 2.23. The molecule has 1 saturated heterocycles. The van der Waals surface area contributed by atoms with Gasteiger partial charge in [-0.1, -0.05) is 64.9 Å². The van der Waals surface area contributed by atoms with Gasteiger partial charge < -0.3 is 17.1 Å². The lowest BCUT2D eigenvalue weighted by Gasteiger charge is -2.28. The highest BCUT2D eigenvalue weighted by atomic mass is 35.5. The van der Waals surface area contributed by atoms with Crippen molar-refractivity contribution < 1.29 is 21.7 Å². The van der Waals surface area contributed by atoms with Crippen molar-refractivity contribution in [2.45, 2.75) is 76.7 Å². The Kier molecular flexibility index (Phi) is 13.2. The van der Waals surface area contributed by atoms with Gasteiger partial charge in [0, 0.05) is 23.4 Å². The first-order valence-electron chi connectivity index (χ1n) is 10.2. The maximum atomic E-state index is 6.13. The average Bonchev–Trinajstić information content (AvgIpc) is 2.65. The van der Waals surface area contributed by atoms with Crippen LogP contribution in [-0.4, -0.2) is 12.4 Å². The molecule has 1 aliphatic heterocycles. The van der Waals surface area contributed by atoms with Crippen LogP contribution in [0.2, 0.25) is 0 Å². The summed E-state index contributed by atoms with van der Waals surface area (Å²) in [5, 5.41) is 0. The molecule has 0 N–H and O–H groups in total. The molecule has 0 bridgehead atoms. The van der Waals surface area contributed by atoms with Gasteiger partial charge in [0.1, 0.15) is 5.44 Å². The van der Waals surface area contributed by atoms with Crippen molar-refractivity contribution in [3.63, 3.8) is 0 Å². The number of halogens is 1. The monoisotopic (exact) mass is 397 g/mol. The Labute approximate surface area is 171 Å². The van der Waals surface area contributed by atoms with Crippen LogP contribution in [-0.2, 0) is 11.3 Å². The zero-order valence-electron chi connectivity index (χ0n) is 16.4. The number of hydrogen-bond acceptors (Lipinski definition) is 2. The molecule has 1 aromatic rings. The Bertz CT molecular complexity index is 472. The summed E-state index contributed by atoms with van der Waals surface area (Å²) in [5.74, 6) is 1.98. The van der Waals surface area contributed by atoms with Crippen LogP contribution in [0, 0.1) is 5.92 Å². The van der Waals surface area contributed by atoms with Crippen LogP contribution in [0.5, 0.6) is 0 Å². The van der Waals surface area contributed by atoms with Gasteiger partial charge in [-0.15, -0.1) is 11.8 Å². The summed E-state index contributed by atoms with van der Waals surface area (Å²) in [6.45, 7) is 7.85. The first-order chi connectivity index (χ1) is 12.3. The molecule has 0 radical (unpaired) electrons. The minimum atomic E-state index is 0. The minimum Gasteiger partial charge on any atom is -1.00 e. The maximum Gasteiger partial charge on any atom is 0.169 e. The largest absolute Gasteiger partial charge is 1.00 e. The number of rotatable bonds is 12. The molecule has 1 fully saturated rings. The summed E-state index contributed by atoms with van der Waals surface area (Å²) in [7, 11) is 0. The van der Waals surface area contributed by atoms with E-state index in [1.807, 2.05) is 17.8 Å². The number of unbranched alkanes of at least 4 members (excludes halogenated alkanes) is 7. The van der Waals surface area contributed by atoms with Gasteiger partial charge in [0.2, 0.25) is 0 Å². The second kappa shape index (κ2) is 14.5. The number of allylic oxidation sites excluding steroid dienone is 1. The lowest BCUT2D eigenvalue weighted by atomic mass is 10.0. The van der Waals surface area contributed by atoms with Crippen molar-refractivity contribution in [3.05, 3.63) is 42.7 Å². The molecule has 2 heterocycles. The summed E-state index contributed by atoms with van der Waals surface area (Å²) >= 11 is 1.97. The molecule has 0 amide bonds. The lowest BCUT2D eigenvalue weighted by molar-refractivity contribution is -0.687. The normalized spacial score (nSPS) is 19.7. The number of thioether (sulfide) groups is 1. The Morgan fingerprint density at radius 2 is 1.77 bits per heavy atom. The van der Waals surface area contributed by atoms with Crippen molar-refractivity contribution in [1.29, 1.82) is 0 Å². The first kappa shape index (κ1) is 23.5. The third-order valence-electron chi connectivity index (χ3n) is 4.96. The van der Waals surface area contributed by atoms with Gasteiger partial charge in [-0.2, -0.15) is 0 Å². The van der Waals surface area contributed by atoms with Crippen molar-refractivity contribution in [3.8, 4) is 0 Å². The highest BCUT2D eigenvalue weighted by Crippen LogP contribution is 2.37. The van der Waals surface area contributed by atoms with E-state index in [0.29, 0.717) is 0 Å². The van der Waals surface area contributed by atoms with Crippen LogP contribution in [0.4, 0.5) is 0 Å². The summed E-state index contributed by atoms with van der Waals surface area (Å²) in [4.78, 5) is 0. The van der Waals surface area contributed by atoms with Gasteiger partial charge in [0.05, 0.1) is 6.61 Å². The van der Waals surface area contributed by atoms with E-state index in [1.165, 1.54) is 69.1 Å². The number of ether oxygens (including phenoxy) is 1. The molecule has 0 aromatic carbocycles. The summed E-state index contributed by atoms with van der Waals surface area (Å²) in [6, 6.07) is 4.36. The fraction of sp³-hybridized carbons (Fsp3) is 0.682. The zero-order chi connectivity index (χ0) is 17.7. The van der Waals surface area contributed by atoms with Gasteiger partial charge in [0.15, 0.2) is 18.9 Å². The predicted octanol–water partition coefficient (Wildman–Crippen LogP) is 3.07. The van der Waals surface area contributed by atoms with Gasteiger partial charge in [-0.05, 0) is 18.4 Å². The Morgan fingerprint density at radius 1 is 1.12 bits per heavy atom. The summed E-state index contributed by atoms with van der Waals surface area (Å²) in [6.07, 6.45) is 18.7. The molecule has 4 heteroatoms. The number of hydrogen-bond donors (Lipinski definition) is 0. The van der Waals surface area contributed by atoms with E-state index in [2.05, 4.69) is 42.6 Å². The maximum absolute atomic E-state index is 6.13. The molecule has 0 aliphatic carbocycles. The molecule has 2 nitrogen and oxygen atoms in total. The predicted molar refractivity (Wildman–Crippen MR) is 109 cm³/mol. The van der Waals surface area contributed by atoms with E-state index in [4.69, 9.17) is 4.74 Å². The summed E-state index contributed by atoms with van der Waals surface area (Å²) < 4.78 is 8.27. The number of pyridine rings is 1. The standard InChI is InChI=1S/C22H36NOS.ClH/c1-3-5-6-7-8-9-10-11-12-20-18-24-22(25-19-20)21-13-16-23(15-4-2)17-14-21;/h4,13-14,16-17,20,22H,2-3,5-12,15,18-19H2,1H3;1H/q+1;/p-1. The van der Waals surface area contributed by atoms with Crippen LogP contribution < -0.4 is 17.0 Å². The van der Waals surface area contributed by atoms with E-state index in [1.54, 1.807) is 0 Å². The Balaban J connectivity index is 0.00000338. The smallest absolute Gasteiger partial charge is 0.169 e. The summed E-state index contributed by atoms with van der Waals surface area (Å²) in [5.41, 5.74) is 1.50. The molecule has 148 valence electrons. The quantitative estimate of drug-likeness (QED) is 0.305.